The minimum absolute atomic E-state index is 0.216. The lowest BCUT2D eigenvalue weighted by Gasteiger charge is -2.11. The molecule has 0 unspecified atom stereocenters. The first-order valence-corrected chi connectivity index (χ1v) is 9.44. The topological polar surface area (TPSA) is 52.2 Å². The molecule has 6 heteroatoms. The van der Waals surface area contributed by atoms with Gasteiger partial charge in [-0.05, 0) is 48.6 Å². The first-order valence-electron chi connectivity index (χ1n) is 8.56. The number of H-pyrrole nitrogens is 1. The van der Waals surface area contributed by atoms with Crippen molar-refractivity contribution in [1.29, 1.82) is 0 Å². The second kappa shape index (κ2) is 8.67. The normalized spacial score (nSPS) is 11.8. The molecule has 1 aromatic carbocycles. The number of nitrogens with one attached hydrogen (secondary N) is 3. The molecular weight excluding hydrogens is 335 g/mol. The Morgan fingerprint density at radius 2 is 2.16 bits per heavy atom. The number of aliphatic imine (C=N–C) groups is 1. The first kappa shape index (κ1) is 17.5. The molecule has 0 bridgehead atoms. The van der Waals surface area contributed by atoms with Gasteiger partial charge in [0.25, 0.3) is 0 Å². The van der Waals surface area contributed by atoms with Crippen LogP contribution in [0.25, 0.3) is 10.9 Å². The quantitative estimate of drug-likeness (QED) is 0.445. The number of hydrogen-bond acceptors (Lipinski definition) is 2. The van der Waals surface area contributed by atoms with Crippen molar-refractivity contribution in [2.75, 3.05) is 19.6 Å². The molecule has 4 nitrogen and oxygen atoms in total. The number of nitrogens with zero attached hydrogens (tertiary/aromatic N) is 1. The zero-order chi connectivity index (χ0) is 17.5. The van der Waals surface area contributed by atoms with Crippen molar-refractivity contribution in [3.63, 3.8) is 0 Å². The predicted molar refractivity (Wildman–Crippen MR) is 104 cm³/mol. The molecule has 0 saturated heterocycles. The van der Waals surface area contributed by atoms with Crippen molar-refractivity contribution in [1.82, 2.24) is 15.6 Å². The van der Waals surface area contributed by atoms with Crippen molar-refractivity contribution >= 4 is 28.2 Å². The maximum absolute atomic E-state index is 13.3. The summed E-state index contributed by atoms with van der Waals surface area (Å²) < 4.78 is 13.3. The molecule has 25 heavy (non-hydrogen) atoms. The molecule has 2 aromatic heterocycles. The third-order valence-electron chi connectivity index (χ3n) is 3.97. The SMILES string of the molecule is CCNC(=NCCc1cccs1)NCCc1c[nH]c2cc(F)ccc12. The van der Waals surface area contributed by atoms with Crippen LogP contribution in [0.5, 0.6) is 0 Å². The van der Waals surface area contributed by atoms with Crippen LogP contribution >= 0.6 is 11.3 Å². The Kier molecular flexibility index (Phi) is 6.06. The summed E-state index contributed by atoms with van der Waals surface area (Å²) in [5.74, 6) is 0.622. The van der Waals surface area contributed by atoms with E-state index in [0.29, 0.717) is 0 Å². The van der Waals surface area contributed by atoms with E-state index in [2.05, 4.69) is 45.0 Å². The summed E-state index contributed by atoms with van der Waals surface area (Å²) in [5.41, 5.74) is 2.02. The van der Waals surface area contributed by atoms with Crippen LogP contribution in [0.3, 0.4) is 0 Å². The molecule has 3 N–H and O–H groups in total. The third kappa shape index (κ3) is 4.82. The molecule has 0 spiro atoms. The molecule has 2 heterocycles. The highest BCUT2D eigenvalue weighted by atomic mass is 32.1. The summed E-state index contributed by atoms with van der Waals surface area (Å²) in [7, 11) is 0. The van der Waals surface area contributed by atoms with Crippen molar-refractivity contribution in [2.45, 2.75) is 19.8 Å². The van der Waals surface area contributed by atoms with E-state index >= 15 is 0 Å². The van der Waals surface area contributed by atoms with E-state index in [1.165, 1.54) is 22.6 Å². The second-order valence-electron chi connectivity index (χ2n) is 5.77. The summed E-state index contributed by atoms with van der Waals surface area (Å²) in [6.45, 7) is 4.43. The summed E-state index contributed by atoms with van der Waals surface area (Å²) in [5, 5.41) is 9.81. The molecule has 132 valence electrons. The molecule has 3 rings (SSSR count). The van der Waals surface area contributed by atoms with E-state index in [1.807, 2.05) is 12.3 Å². The zero-order valence-corrected chi connectivity index (χ0v) is 15.1. The van der Waals surface area contributed by atoms with Gasteiger partial charge in [-0.3, -0.25) is 4.99 Å². The van der Waals surface area contributed by atoms with Crippen LogP contribution in [0.2, 0.25) is 0 Å². The number of thiophene rings is 1. The largest absolute Gasteiger partial charge is 0.361 e. The van der Waals surface area contributed by atoms with Gasteiger partial charge in [0.1, 0.15) is 5.82 Å². The number of guanidine groups is 1. The van der Waals surface area contributed by atoms with Crippen LogP contribution in [-0.2, 0) is 12.8 Å². The van der Waals surface area contributed by atoms with Gasteiger partial charge in [-0.1, -0.05) is 6.07 Å². The number of aromatic nitrogens is 1. The molecule has 0 amide bonds. The van der Waals surface area contributed by atoms with Gasteiger partial charge < -0.3 is 15.6 Å². The summed E-state index contributed by atoms with van der Waals surface area (Å²) in [6.07, 6.45) is 3.76. The molecule has 0 aliphatic heterocycles. The zero-order valence-electron chi connectivity index (χ0n) is 14.3. The predicted octanol–water partition coefficient (Wildman–Crippen LogP) is 3.71. The van der Waals surface area contributed by atoms with Crippen molar-refractivity contribution in [3.8, 4) is 0 Å². The number of hydrogen-bond donors (Lipinski definition) is 3. The fourth-order valence-corrected chi connectivity index (χ4v) is 3.45. The number of fused-ring (bicyclic) bond motifs is 1. The smallest absolute Gasteiger partial charge is 0.191 e. The number of aromatic amines is 1. The highest BCUT2D eigenvalue weighted by Crippen LogP contribution is 2.19. The standard InChI is InChI=1S/C19H23FN4S/c1-2-21-19(23-10-8-16-4-3-11-25-16)22-9-7-14-13-24-18-12-15(20)5-6-17(14)18/h3-6,11-13,24H,2,7-10H2,1H3,(H2,21,22,23). The molecule has 0 radical (unpaired) electrons. The third-order valence-corrected chi connectivity index (χ3v) is 4.90. The van der Waals surface area contributed by atoms with Crippen LogP contribution in [-0.4, -0.2) is 30.6 Å². The lowest BCUT2D eigenvalue weighted by Crippen LogP contribution is -2.38. The molecule has 0 saturated carbocycles. The van der Waals surface area contributed by atoms with Gasteiger partial charge in [-0.2, -0.15) is 0 Å². The van der Waals surface area contributed by atoms with Gasteiger partial charge in [0.15, 0.2) is 5.96 Å². The Labute approximate surface area is 151 Å². The molecule has 3 aromatic rings. The van der Waals surface area contributed by atoms with E-state index in [1.54, 1.807) is 11.3 Å². The van der Waals surface area contributed by atoms with Gasteiger partial charge in [0.2, 0.25) is 0 Å². The van der Waals surface area contributed by atoms with Crippen LogP contribution in [0.1, 0.15) is 17.4 Å². The minimum atomic E-state index is -0.216. The van der Waals surface area contributed by atoms with Gasteiger partial charge in [0, 0.05) is 48.0 Å². The summed E-state index contributed by atoms with van der Waals surface area (Å²) in [6, 6.07) is 9.07. The molecule has 0 fully saturated rings. The Hall–Kier alpha value is -2.34. The van der Waals surface area contributed by atoms with Gasteiger partial charge in [-0.15, -0.1) is 11.3 Å². The Bertz CT molecular complexity index is 823. The number of rotatable bonds is 7. The highest BCUT2D eigenvalue weighted by Gasteiger charge is 2.05. The van der Waals surface area contributed by atoms with E-state index in [-0.39, 0.29) is 5.82 Å². The Morgan fingerprint density at radius 1 is 1.24 bits per heavy atom. The number of halogens is 1. The fraction of sp³-hybridized carbons (Fsp3) is 0.316. The lowest BCUT2D eigenvalue weighted by molar-refractivity contribution is 0.629. The molecule has 0 atom stereocenters. The van der Waals surface area contributed by atoms with Crippen molar-refractivity contribution < 1.29 is 4.39 Å². The van der Waals surface area contributed by atoms with Crippen LogP contribution in [0.15, 0.2) is 46.9 Å². The van der Waals surface area contributed by atoms with E-state index in [9.17, 15) is 4.39 Å². The minimum Gasteiger partial charge on any atom is -0.361 e. The average Bonchev–Trinajstić information content (AvgIpc) is 3.24. The van der Waals surface area contributed by atoms with Crippen LogP contribution in [0.4, 0.5) is 4.39 Å². The van der Waals surface area contributed by atoms with E-state index < -0.39 is 0 Å². The molecular formula is C19H23FN4S. The molecule has 0 aliphatic rings. The fourth-order valence-electron chi connectivity index (χ4n) is 2.76. The maximum Gasteiger partial charge on any atom is 0.191 e. The van der Waals surface area contributed by atoms with Crippen LogP contribution < -0.4 is 10.6 Å². The second-order valence-corrected chi connectivity index (χ2v) is 6.80. The van der Waals surface area contributed by atoms with Gasteiger partial charge >= 0.3 is 0 Å². The van der Waals surface area contributed by atoms with E-state index in [4.69, 9.17) is 0 Å². The van der Waals surface area contributed by atoms with Crippen molar-refractivity contribution in [3.05, 3.63) is 58.2 Å². The van der Waals surface area contributed by atoms with Crippen molar-refractivity contribution in [2.24, 2.45) is 4.99 Å². The van der Waals surface area contributed by atoms with E-state index in [0.717, 1.165) is 49.3 Å². The monoisotopic (exact) mass is 358 g/mol. The average molecular weight is 358 g/mol. The highest BCUT2D eigenvalue weighted by molar-refractivity contribution is 7.09. The van der Waals surface area contributed by atoms with Crippen LogP contribution in [0, 0.1) is 5.82 Å². The maximum atomic E-state index is 13.3. The summed E-state index contributed by atoms with van der Waals surface area (Å²) in [4.78, 5) is 9.11. The number of benzene rings is 1. The molecule has 0 aliphatic carbocycles. The van der Waals surface area contributed by atoms with Gasteiger partial charge in [0.05, 0.1) is 0 Å². The summed E-state index contributed by atoms with van der Waals surface area (Å²) >= 11 is 1.77. The lowest BCUT2D eigenvalue weighted by atomic mass is 10.1. The Balaban J connectivity index is 1.53. The first-order chi connectivity index (χ1) is 12.3. The Morgan fingerprint density at radius 3 is 2.96 bits per heavy atom. The van der Waals surface area contributed by atoms with Gasteiger partial charge in [-0.25, -0.2) is 4.39 Å².